The van der Waals surface area contributed by atoms with E-state index < -0.39 is 0 Å². The fraction of sp³-hybridized carbons (Fsp3) is 0.625. The standard InChI is InChI=1S/C16H23N7O/c1-22-13(10-24)20-21-15(22)11-8-12(9-11)19-14-16(18-5-4-17-14)23-6-2-3-7-23/h4-5,11-12,24H,2-3,6-10H2,1H3,(H,17,19). The van der Waals surface area contributed by atoms with Gasteiger partial charge in [-0.25, -0.2) is 9.97 Å². The molecular weight excluding hydrogens is 306 g/mol. The molecule has 8 nitrogen and oxygen atoms in total. The highest BCUT2D eigenvalue weighted by Crippen LogP contribution is 2.38. The Morgan fingerprint density at radius 3 is 2.62 bits per heavy atom. The highest BCUT2D eigenvalue weighted by Gasteiger charge is 2.35. The molecule has 0 unspecified atom stereocenters. The van der Waals surface area contributed by atoms with Gasteiger partial charge >= 0.3 is 0 Å². The van der Waals surface area contributed by atoms with Crippen LogP contribution in [0.1, 0.15) is 43.3 Å². The van der Waals surface area contributed by atoms with E-state index in [2.05, 4.69) is 30.4 Å². The molecule has 4 rings (SSSR count). The van der Waals surface area contributed by atoms with Crippen molar-refractivity contribution in [2.24, 2.45) is 7.05 Å². The summed E-state index contributed by atoms with van der Waals surface area (Å²) < 4.78 is 1.90. The van der Waals surface area contributed by atoms with Crippen molar-refractivity contribution in [1.82, 2.24) is 24.7 Å². The van der Waals surface area contributed by atoms with Gasteiger partial charge in [0.1, 0.15) is 12.4 Å². The van der Waals surface area contributed by atoms with Gasteiger partial charge in [0, 0.05) is 44.5 Å². The van der Waals surface area contributed by atoms with Crippen molar-refractivity contribution in [2.75, 3.05) is 23.3 Å². The zero-order valence-electron chi connectivity index (χ0n) is 13.9. The minimum Gasteiger partial charge on any atom is -0.388 e. The van der Waals surface area contributed by atoms with E-state index in [0.717, 1.165) is 43.4 Å². The molecule has 1 aliphatic carbocycles. The van der Waals surface area contributed by atoms with Gasteiger partial charge in [0.15, 0.2) is 17.5 Å². The highest BCUT2D eigenvalue weighted by atomic mass is 16.3. The SMILES string of the molecule is Cn1c(CO)nnc1C1CC(Nc2nccnc2N2CCCC2)C1. The maximum Gasteiger partial charge on any atom is 0.171 e. The summed E-state index contributed by atoms with van der Waals surface area (Å²) in [4.78, 5) is 11.3. The van der Waals surface area contributed by atoms with Gasteiger partial charge in [0.25, 0.3) is 0 Å². The number of hydrogen-bond donors (Lipinski definition) is 2. The number of anilines is 2. The Bertz CT molecular complexity index is 704. The molecule has 128 valence electrons. The summed E-state index contributed by atoms with van der Waals surface area (Å²) in [6.45, 7) is 2.05. The van der Waals surface area contributed by atoms with E-state index in [-0.39, 0.29) is 6.61 Å². The molecule has 0 amide bonds. The Morgan fingerprint density at radius 2 is 1.92 bits per heavy atom. The molecule has 2 aromatic rings. The Hall–Kier alpha value is -2.22. The number of aliphatic hydroxyl groups is 1. The van der Waals surface area contributed by atoms with Crippen molar-refractivity contribution in [2.45, 2.75) is 44.2 Å². The first kappa shape index (κ1) is 15.3. The maximum absolute atomic E-state index is 9.23. The van der Waals surface area contributed by atoms with Crippen molar-refractivity contribution in [3.05, 3.63) is 24.0 Å². The fourth-order valence-corrected chi connectivity index (χ4v) is 3.60. The Kier molecular flexibility index (Phi) is 4.05. The van der Waals surface area contributed by atoms with Gasteiger partial charge in [0.2, 0.25) is 0 Å². The molecule has 2 aliphatic rings. The van der Waals surface area contributed by atoms with E-state index in [0.29, 0.717) is 17.8 Å². The van der Waals surface area contributed by atoms with Crippen molar-refractivity contribution in [3.8, 4) is 0 Å². The molecule has 2 aromatic heterocycles. The third-order valence-corrected chi connectivity index (χ3v) is 5.07. The predicted molar refractivity (Wildman–Crippen MR) is 89.8 cm³/mol. The molecule has 1 saturated carbocycles. The lowest BCUT2D eigenvalue weighted by Gasteiger charge is -2.36. The van der Waals surface area contributed by atoms with Crippen LogP contribution in [-0.4, -0.2) is 49.0 Å². The molecule has 0 aromatic carbocycles. The summed E-state index contributed by atoms with van der Waals surface area (Å²) >= 11 is 0. The van der Waals surface area contributed by atoms with Crippen molar-refractivity contribution in [3.63, 3.8) is 0 Å². The predicted octanol–water partition coefficient (Wildman–Crippen LogP) is 1.06. The molecule has 2 fully saturated rings. The largest absolute Gasteiger partial charge is 0.388 e. The summed E-state index contributed by atoms with van der Waals surface area (Å²) in [6.07, 6.45) is 7.94. The van der Waals surface area contributed by atoms with Crippen LogP contribution in [0.4, 0.5) is 11.6 Å². The molecule has 0 atom stereocenters. The van der Waals surface area contributed by atoms with Crippen LogP contribution >= 0.6 is 0 Å². The second-order valence-corrected chi connectivity index (χ2v) is 6.62. The summed E-state index contributed by atoms with van der Waals surface area (Å²) in [7, 11) is 1.91. The lowest BCUT2D eigenvalue weighted by atomic mass is 9.79. The van der Waals surface area contributed by atoms with Crippen LogP contribution in [0.25, 0.3) is 0 Å². The fourth-order valence-electron chi connectivity index (χ4n) is 3.60. The van der Waals surface area contributed by atoms with Gasteiger partial charge in [-0.2, -0.15) is 0 Å². The van der Waals surface area contributed by atoms with Gasteiger partial charge in [-0.05, 0) is 25.7 Å². The molecule has 0 spiro atoms. The first-order valence-electron chi connectivity index (χ1n) is 8.57. The maximum atomic E-state index is 9.23. The Morgan fingerprint density at radius 1 is 1.17 bits per heavy atom. The van der Waals surface area contributed by atoms with Crippen molar-refractivity contribution in [1.29, 1.82) is 0 Å². The highest BCUT2D eigenvalue weighted by molar-refractivity contribution is 5.61. The van der Waals surface area contributed by atoms with Crippen LogP contribution in [0, 0.1) is 0 Å². The number of nitrogens with one attached hydrogen (secondary N) is 1. The van der Waals surface area contributed by atoms with Crippen LogP contribution in [0.5, 0.6) is 0 Å². The van der Waals surface area contributed by atoms with E-state index in [1.807, 2.05) is 11.6 Å². The van der Waals surface area contributed by atoms with Gasteiger partial charge in [0.05, 0.1) is 0 Å². The zero-order chi connectivity index (χ0) is 16.5. The number of hydrogen-bond acceptors (Lipinski definition) is 7. The Labute approximate surface area is 140 Å². The molecule has 2 N–H and O–H groups in total. The summed E-state index contributed by atoms with van der Waals surface area (Å²) in [6, 6.07) is 0.377. The average Bonchev–Trinajstić information content (AvgIpc) is 3.21. The molecular formula is C16H23N7O. The third-order valence-electron chi connectivity index (χ3n) is 5.07. The lowest BCUT2D eigenvalue weighted by Crippen LogP contribution is -2.36. The third kappa shape index (κ3) is 2.71. The van der Waals surface area contributed by atoms with Crippen LogP contribution in [0.15, 0.2) is 12.4 Å². The summed E-state index contributed by atoms with van der Waals surface area (Å²) in [5, 5.41) is 21.0. The van der Waals surface area contributed by atoms with Crippen molar-refractivity contribution >= 4 is 11.6 Å². The zero-order valence-corrected chi connectivity index (χ0v) is 13.9. The van der Waals surface area contributed by atoms with Crippen molar-refractivity contribution < 1.29 is 5.11 Å². The molecule has 8 heteroatoms. The van der Waals surface area contributed by atoms with Gasteiger partial charge in [-0.3, -0.25) is 0 Å². The van der Waals surface area contributed by atoms with E-state index >= 15 is 0 Å². The van der Waals surface area contributed by atoms with Gasteiger partial charge in [-0.15, -0.1) is 10.2 Å². The molecule has 3 heterocycles. The van der Waals surface area contributed by atoms with Crippen LogP contribution in [0.2, 0.25) is 0 Å². The second kappa shape index (κ2) is 6.35. The normalized spacial score (nSPS) is 23.3. The van der Waals surface area contributed by atoms with Crippen LogP contribution in [-0.2, 0) is 13.7 Å². The smallest absolute Gasteiger partial charge is 0.171 e. The van der Waals surface area contributed by atoms with Crippen LogP contribution in [0.3, 0.4) is 0 Å². The minimum absolute atomic E-state index is 0.0727. The quantitative estimate of drug-likeness (QED) is 0.847. The number of rotatable bonds is 5. The van der Waals surface area contributed by atoms with E-state index in [1.54, 1.807) is 12.4 Å². The molecule has 1 aliphatic heterocycles. The van der Waals surface area contributed by atoms with E-state index in [4.69, 9.17) is 0 Å². The monoisotopic (exact) mass is 329 g/mol. The molecule has 0 bridgehead atoms. The van der Waals surface area contributed by atoms with Gasteiger partial charge in [-0.1, -0.05) is 0 Å². The van der Waals surface area contributed by atoms with Gasteiger partial charge < -0.3 is 19.9 Å². The number of aliphatic hydroxyl groups excluding tert-OH is 1. The number of aromatic nitrogens is 5. The first-order valence-corrected chi connectivity index (χ1v) is 8.57. The molecule has 0 radical (unpaired) electrons. The number of nitrogens with zero attached hydrogens (tertiary/aromatic N) is 6. The van der Waals surface area contributed by atoms with E-state index in [9.17, 15) is 5.11 Å². The first-order chi connectivity index (χ1) is 11.8. The molecule has 24 heavy (non-hydrogen) atoms. The Balaban J connectivity index is 1.41. The van der Waals surface area contributed by atoms with E-state index in [1.165, 1.54) is 12.8 Å². The van der Waals surface area contributed by atoms with Crippen LogP contribution < -0.4 is 10.2 Å². The minimum atomic E-state index is -0.0727. The average molecular weight is 329 g/mol. The summed E-state index contributed by atoms with van der Waals surface area (Å²) in [5.74, 6) is 3.81. The topological polar surface area (TPSA) is 92.0 Å². The second-order valence-electron chi connectivity index (χ2n) is 6.62. The molecule has 1 saturated heterocycles. The summed E-state index contributed by atoms with van der Waals surface area (Å²) in [5.41, 5.74) is 0. The lowest BCUT2D eigenvalue weighted by molar-refractivity contribution is 0.265.